The van der Waals surface area contributed by atoms with Gasteiger partial charge in [0.15, 0.2) is 0 Å². The summed E-state index contributed by atoms with van der Waals surface area (Å²) < 4.78 is 0. The fourth-order valence-electron chi connectivity index (χ4n) is 0.862. The average Bonchev–Trinajstić information content (AvgIpc) is 2.17. The number of nitrogens with two attached hydrogens (primary N) is 2. The molecule has 0 saturated carbocycles. The van der Waals surface area contributed by atoms with Crippen LogP contribution in [-0.4, -0.2) is 11.5 Å². The summed E-state index contributed by atoms with van der Waals surface area (Å²) in [7, 11) is 0. The Morgan fingerprint density at radius 2 is 2.42 bits per heavy atom. The van der Waals surface area contributed by atoms with Crippen LogP contribution in [0.25, 0.3) is 0 Å². The van der Waals surface area contributed by atoms with Crippen molar-refractivity contribution >= 4 is 0 Å². The molecule has 0 aliphatic heterocycles. The van der Waals surface area contributed by atoms with Gasteiger partial charge < -0.3 is 11.5 Å². The second kappa shape index (κ2) is 3.86. The minimum Gasteiger partial charge on any atom is -0.329 e. The van der Waals surface area contributed by atoms with Gasteiger partial charge in [0, 0.05) is 18.3 Å². The van der Waals surface area contributed by atoms with Crippen LogP contribution in [0.1, 0.15) is 17.3 Å². The van der Waals surface area contributed by atoms with Crippen molar-refractivity contribution in [2.45, 2.75) is 6.04 Å². The first kappa shape index (κ1) is 8.72. The zero-order valence-corrected chi connectivity index (χ0v) is 6.70. The van der Waals surface area contributed by atoms with Crippen molar-refractivity contribution in [3.8, 4) is 12.3 Å². The quantitative estimate of drug-likeness (QED) is 0.601. The first-order chi connectivity index (χ1) is 5.77. The molecule has 1 rings (SSSR count). The van der Waals surface area contributed by atoms with Crippen molar-refractivity contribution in [2.75, 3.05) is 6.54 Å². The number of hydrogen-bond donors (Lipinski definition) is 2. The Hall–Kier alpha value is -1.37. The van der Waals surface area contributed by atoms with E-state index in [0.717, 1.165) is 11.3 Å². The maximum Gasteiger partial charge on any atom is 0.0596 e. The molecule has 3 heteroatoms. The zero-order chi connectivity index (χ0) is 8.97. The SMILES string of the molecule is C#Cc1ccnc([C@@H](N)CN)c1. The van der Waals surface area contributed by atoms with E-state index in [1.54, 1.807) is 18.3 Å². The van der Waals surface area contributed by atoms with Gasteiger partial charge in [-0.15, -0.1) is 6.42 Å². The second-order valence-electron chi connectivity index (χ2n) is 2.46. The van der Waals surface area contributed by atoms with Crippen LogP contribution in [0.5, 0.6) is 0 Å². The van der Waals surface area contributed by atoms with Gasteiger partial charge in [0.05, 0.1) is 11.7 Å². The van der Waals surface area contributed by atoms with Gasteiger partial charge in [-0.2, -0.15) is 0 Å². The number of rotatable bonds is 2. The van der Waals surface area contributed by atoms with Crippen LogP contribution < -0.4 is 11.5 Å². The van der Waals surface area contributed by atoms with Crippen LogP contribution in [-0.2, 0) is 0 Å². The third-order valence-corrected chi connectivity index (χ3v) is 1.58. The molecule has 0 aliphatic rings. The molecular formula is C9H11N3. The summed E-state index contributed by atoms with van der Waals surface area (Å²) in [5, 5.41) is 0. The molecule has 62 valence electrons. The molecule has 1 heterocycles. The van der Waals surface area contributed by atoms with Gasteiger partial charge in [-0.1, -0.05) is 5.92 Å². The molecule has 0 fully saturated rings. The molecule has 0 spiro atoms. The molecule has 0 saturated heterocycles. The summed E-state index contributed by atoms with van der Waals surface area (Å²) >= 11 is 0. The van der Waals surface area contributed by atoms with E-state index in [0.29, 0.717) is 6.54 Å². The highest BCUT2D eigenvalue weighted by atomic mass is 14.8. The van der Waals surface area contributed by atoms with Crippen molar-refractivity contribution in [1.29, 1.82) is 0 Å². The summed E-state index contributed by atoms with van der Waals surface area (Å²) in [6.07, 6.45) is 6.85. The Morgan fingerprint density at radius 1 is 1.67 bits per heavy atom. The predicted octanol–water partition coefficient (Wildman–Crippen LogP) is 0.0214. The fourth-order valence-corrected chi connectivity index (χ4v) is 0.862. The lowest BCUT2D eigenvalue weighted by molar-refractivity contribution is 0.711. The molecular weight excluding hydrogens is 150 g/mol. The highest BCUT2D eigenvalue weighted by molar-refractivity contribution is 5.32. The molecule has 0 aromatic carbocycles. The fraction of sp³-hybridized carbons (Fsp3) is 0.222. The molecule has 0 bridgehead atoms. The summed E-state index contributed by atoms with van der Waals surface area (Å²) in [5.74, 6) is 2.51. The Balaban J connectivity index is 2.95. The van der Waals surface area contributed by atoms with E-state index in [1.165, 1.54) is 0 Å². The summed E-state index contributed by atoms with van der Waals surface area (Å²) in [5.41, 5.74) is 12.6. The zero-order valence-electron chi connectivity index (χ0n) is 6.70. The van der Waals surface area contributed by atoms with Crippen LogP contribution in [0, 0.1) is 12.3 Å². The van der Waals surface area contributed by atoms with Gasteiger partial charge >= 0.3 is 0 Å². The lowest BCUT2D eigenvalue weighted by Crippen LogP contribution is -2.21. The molecule has 3 nitrogen and oxygen atoms in total. The topological polar surface area (TPSA) is 64.9 Å². The molecule has 0 amide bonds. The first-order valence-corrected chi connectivity index (χ1v) is 3.66. The molecule has 1 aromatic heterocycles. The van der Waals surface area contributed by atoms with E-state index < -0.39 is 0 Å². The minimum atomic E-state index is -0.224. The van der Waals surface area contributed by atoms with Crippen molar-refractivity contribution < 1.29 is 0 Å². The second-order valence-corrected chi connectivity index (χ2v) is 2.46. The number of hydrogen-bond acceptors (Lipinski definition) is 3. The summed E-state index contributed by atoms with van der Waals surface area (Å²) in [4.78, 5) is 4.06. The number of terminal acetylenes is 1. The maximum atomic E-state index is 5.66. The molecule has 12 heavy (non-hydrogen) atoms. The first-order valence-electron chi connectivity index (χ1n) is 3.66. The summed E-state index contributed by atoms with van der Waals surface area (Å²) in [6.45, 7) is 0.376. The van der Waals surface area contributed by atoms with Crippen molar-refractivity contribution in [3.05, 3.63) is 29.6 Å². The van der Waals surface area contributed by atoms with Crippen LogP contribution in [0.4, 0.5) is 0 Å². The van der Waals surface area contributed by atoms with Crippen LogP contribution in [0.2, 0.25) is 0 Å². The maximum absolute atomic E-state index is 5.66. The van der Waals surface area contributed by atoms with E-state index >= 15 is 0 Å². The third kappa shape index (κ3) is 1.82. The number of nitrogens with zero attached hydrogens (tertiary/aromatic N) is 1. The Labute approximate surface area is 71.8 Å². The Morgan fingerprint density at radius 3 is 3.00 bits per heavy atom. The summed E-state index contributed by atoms with van der Waals surface area (Å²) in [6, 6.07) is 3.31. The van der Waals surface area contributed by atoms with Gasteiger partial charge in [-0.25, -0.2) is 0 Å². The Kier molecular flexibility index (Phi) is 2.81. The standard InChI is InChI=1S/C9H11N3/c1-2-7-3-4-12-9(5-7)8(11)6-10/h1,3-5,8H,6,10-11H2/t8-/m0/s1. The molecule has 1 atom stereocenters. The van der Waals surface area contributed by atoms with E-state index in [9.17, 15) is 0 Å². The van der Waals surface area contributed by atoms with Crippen LogP contribution >= 0.6 is 0 Å². The van der Waals surface area contributed by atoms with E-state index in [4.69, 9.17) is 17.9 Å². The van der Waals surface area contributed by atoms with Crippen LogP contribution in [0.15, 0.2) is 18.3 Å². The predicted molar refractivity (Wildman–Crippen MR) is 48.2 cm³/mol. The van der Waals surface area contributed by atoms with Gasteiger partial charge in [0.2, 0.25) is 0 Å². The van der Waals surface area contributed by atoms with E-state index in [2.05, 4.69) is 10.9 Å². The van der Waals surface area contributed by atoms with Gasteiger partial charge in [0.25, 0.3) is 0 Å². The van der Waals surface area contributed by atoms with Gasteiger partial charge in [-0.05, 0) is 12.1 Å². The van der Waals surface area contributed by atoms with Crippen molar-refractivity contribution in [3.63, 3.8) is 0 Å². The van der Waals surface area contributed by atoms with Crippen molar-refractivity contribution in [1.82, 2.24) is 4.98 Å². The van der Waals surface area contributed by atoms with Gasteiger partial charge in [0.1, 0.15) is 0 Å². The average molecular weight is 161 g/mol. The largest absolute Gasteiger partial charge is 0.329 e. The lowest BCUT2D eigenvalue weighted by Gasteiger charge is -2.07. The molecule has 0 radical (unpaired) electrons. The van der Waals surface area contributed by atoms with Crippen LogP contribution in [0.3, 0.4) is 0 Å². The molecule has 4 N–H and O–H groups in total. The monoisotopic (exact) mass is 161 g/mol. The minimum absolute atomic E-state index is 0.224. The smallest absolute Gasteiger partial charge is 0.0596 e. The van der Waals surface area contributed by atoms with E-state index in [-0.39, 0.29) is 6.04 Å². The Bertz CT molecular complexity index is 301. The number of pyridine rings is 1. The third-order valence-electron chi connectivity index (χ3n) is 1.58. The highest BCUT2D eigenvalue weighted by Gasteiger charge is 2.04. The highest BCUT2D eigenvalue weighted by Crippen LogP contribution is 2.06. The molecule has 1 aromatic rings. The normalized spacial score (nSPS) is 12.1. The lowest BCUT2D eigenvalue weighted by atomic mass is 10.1. The molecule has 0 aliphatic carbocycles. The van der Waals surface area contributed by atoms with Gasteiger partial charge in [-0.3, -0.25) is 4.98 Å². The molecule has 0 unspecified atom stereocenters. The van der Waals surface area contributed by atoms with Crippen molar-refractivity contribution in [2.24, 2.45) is 11.5 Å². The number of aromatic nitrogens is 1. The van der Waals surface area contributed by atoms with E-state index in [1.807, 2.05) is 0 Å².